The van der Waals surface area contributed by atoms with E-state index in [1.807, 2.05) is 0 Å². The summed E-state index contributed by atoms with van der Waals surface area (Å²) in [7, 11) is 0. The lowest BCUT2D eigenvalue weighted by atomic mass is 9.98. The Kier molecular flexibility index (Phi) is 9.56. The van der Waals surface area contributed by atoms with E-state index in [0.717, 1.165) is 32.1 Å². The van der Waals surface area contributed by atoms with Crippen LogP contribution in [0.15, 0.2) is 76.0 Å². The molecule has 1 saturated heterocycles. The molecular formula is C34H30O14. The third kappa shape index (κ3) is 7.34. The van der Waals surface area contributed by atoms with Crippen LogP contribution in [0.3, 0.4) is 0 Å². The van der Waals surface area contributed by atoms with E-state index in [4.69, 9.17) is 28.1 Å². The summed E-state index contributed by atoms with van der Waals surface area (Å²) >= 11 is 0. The zero-order chi connectivity index (χ0) is 34.7. The molecule has 48 heavy (non-hydrogen) atoms. The standard InChI is InChI=1S/C34H30O14/c1-16-29(47-26(41)13-6-19-4-9-21(37)10-5-19)32(44-17(2)35)33(45-18(3)36)34(43-16)48-31-28(42)27-24(40)14-23(39)15-25(27)46-30(31)20-7-11-22(38)12-8-20/h4-16,29,32-34,37-40H,1-3H3/b13-6+/t16-,29-,32+,33+,34-/m1/s1. The van der Waals surface area contributed by atoms with Gasteiger partial charge in [0.05, 0.1) is 6.10 Å². The van der Waals surface area contributed by atoms with E-state index in [0.29, 0.717) is 5.56 Å². The van der Waals surface area contributed by atoms with Gasteiger partial charge in [0.2, 0.25) is 23.6 Å². The van der Waals surface area contributed by atoms with Gasteiger partial charge in [0, 0.05) is 37.6 Å². The molecule has 4 aromatic rings. The van der Waals surface area contributed by atoms with Gasteiger partial charge in [0.25, 0.3) is 0 Å². The minimum atomic E-state index is -1.67. The Labute approximate surface area is 271 Å². The number of carbonyl (C=O) groups is 3. The fraction of sp³-hybridized carbons (Fsp3) is 0.235. The quantitative estimate of drug-likeness (QED) is 0.120. The molecule has 0 aliphatic carbocycles. The molecular weight excluding hydrogens is 632 g/mol. The molecule has 1 aliphatic heterocycles. The van der Waals surface area contributed by atoms with Gasteiger partial charge in [-0.2, -0.15) is 0 Å². The maximum absolute atomic E-state index is 13.9. The molecule has 0 spiro atoms. The second-order valence-corrected chi connectivity index (χ2v) is 10.8. The van der Waals surface area contributed by atoms with Crippen LogP contribution in [0.4, 0.5) is 0 Å². The molecule has 1 aliphatic rings. The number of rotatable bonds is 8. The Bertz CT molecular complexity index is 1930. The van der Waals surface area contributed by atoms with Crippen molar-refractivity contribution >= 4 is 35.0 Å². The highest BCUT2D eigenvalue weighted by Gasteiger charge is 2.52. The monoisotopic (exact) mass is 662 g/mol. The molecule has 2 heterocycles. The summed E-state index contributed by atoms with van der Waals surface area (Å²) < 4.78 is 34.5. The summed E-state index contributed by atoms with van der Waals surface area (Å²) in [6.07, 6.45) is -4.70. The van der Waals surface area contributed by atoms with Gasteiger partial charge in [-0.3, -0.25) is 14.4 Å². The Morgan fingerprint density at radius 1 is 0.771 bits per heavy atom. The van der Waals surface area contributed by atoms with Crippen LogP contribution in [0, 0.1) is 0 Å². The highest BCUT2D eigenvalue weighted by molar-refractivity contribution is 5.88. The van der Waals surface area contributed by atoms with Crippen LogP contribution in [0.1, 0.15) is 26.3 Å². The maximum atomic E-state index is 13.9. The van der Waals surface area contributed by atoms with Crippen LogP contribution >= 0.6 is 0 Å². The molecule has 14 heteroatoms. The van der Waals surface area contributed by atoms with E-state index in [-0.39, 0.29) is 33.8 Å². The van der Waals surface area contributed by atoms with Gasteiger partial charge in [-0.1, -0.05) is 12.1 Å². The van der Waals surface area contributed by atoms with E-state index in [9.17, 15) is 39.6 Å². The van der Waals surface area contributed by atoms with Gasteiger partial charge >= 0.3 is 17.9 Å². The van der Waals surface area contributed by atoms with Gasteiger partial charge < -0.3 is 48.5 Å². The SMILES string of the molecule is CC(=O)O[C@@H]1[C@H](OC(C)=O)[C@@H](Oc2c(-c3ccc(O)cc3)oc3cc(O)cc(O)c3c2=O)O[C@H](C)[C@H]1OC(=O)/C=C/c1ccc(O)cc1. The Morgan fingerprint density at radius 2 is 1.38 bits per heavy atom. The second kappa shape index (κ2) is 13.8. The first kappa shape index (κ1) is 33.3. The lowest BCUT2D eigenvalue weighted by molar-refractivity contribution is -0.280. The van der Waals surface area contributed by atoms with Crippen molar-refractivity contribution in [3.63, 3.8) is 0 Å². The normalized spacial score (nSPS) is 20.7. The van der Waals surface area contributed by atoms with Gasteiger partial charge in [-0.05, 0) is 55.0 Å². The topological polar surface area (TPSA) is 208 Å². The fourth-order valence-corrected chi connectivity index (χ4v) is 5.09. The van der Waals surface area contributed by atoms with E-state index >= 15 is 0 Å². The van der Waals surface area contributed by atoms with Gasteiger partial charge in [0.15, 0.2) is 18.0 Å². The zero-order valence-corrected chi connectivity index (χ0v) is 25.7. The molecule has 250 valence electrons. The minimum absolute atomic E-state index is 0.0353. The van der Waals surface area contributed by atoms with E-state index < -0.39 is 71.3 Å². The predicted molar refractivity (Wildman–Crippen MR) is 166 cm³/mol. The zero-order valence-electron chi connectivity index (χ0n) is 25.7. The minimum Gasteiger partial charge on any atom is -0.508 e. The number of carbonyl (C=O) groups excluding carboxylic acids is 3. The van der Waals surface area contributed by atoms with Crippen molar-refractivity contribution in [2.75, 3.05) is 0 Å². The highest BCUT2D eigenvalue weighted by atomic mass is 16.7. The molecule has 0 unspecified atom stereocenters. The van der Waals surface area contributed by atoms with Gasteiger partial charge in [0.1, 0.15) is 34.0 Å². The highest BCUT2D eigenvalue weighted by Crippen LogP contribution is 2.38. The smallest absolute Gasteiger partial charge is 0.331 e. The van der Waals surface area contributed by atoms with Crippen LogP contribution in [0.5, 0.6) is 28.7 Å². The first-order valence-corrected chi connectivity index (χ1v) is 14.5. The molecule has 3 aromatic carbocycles. The van der Waals surface area contributed by atoms with Crippen molar-refractivity contribution in [2.24, 2.45) is 0 Å². The molecule has 4 N–H and O–H groups in total. The molecule has 5 rings (SSSR count). The molecule has 1 aromatic heterocycles. The Morgan fingerprint density at radius 3 is 2.00 bits per heavy atom. The molecule has 0 saturated carbocycles. The van der Waals surface area contributed by atoms with Crippen molar-refractivity contribution in [3.8, 4) is 40.1 Å². The summed E-state index contributed by atoms with van der Waals surface area (Å²) in [5.41, 5.74) is -0.319. The second-order valence-electron chi connectivity index (χ2n) is 10.8. The Balaban J connectivity index is 1.55. The van der Waals surface area contributed by atoms with E-state index in [2.05, 4.69) is 0 Å². The largest absolute Gasteiger partial charge is 0.508 e. The lowest BCUT2D eigenvalue weighted by Crippen LogP contribution is -2.62. The van der Waals surface area contributed by atoms with Crippen LogP contribution in [0.25, 0.3) is 28.4 Å². The van der Waals surface area contributed by atoms with Crippen LogP contribution in [-0.2, 0) is 33.3 Å². The van der Waals surface area contributed by atoms with Crippen molar-refractivity contribution in [2.45, 2.75) is 51.5 Å². The summed E-state index contributed by atoms with van der Waals surface area (Å²) in [5.74, 6) is -4.38. The number of aromatic hydroxyl groups is 4. The predicted octanol–water partition coefficient (Wildman–Crippen LogP) is 3.89. The van der Waals surface area contributed by atoms with Crippen molar-refractivity contribution in [1.82, 2.24) is 0 Å². The van der Waals surface area contributed by atoms with Gasteiger partial charge in [-0.25, -0.2) is 4.79 Å². The number of benzene rings is 3. The number of esters is 3. The van der Waals surface area contributed by atoms with Crippen molar-refractivity contribution in [1.29, 1.82) is 0 Å². The summed E-state index contributed by atoms with van der Waals surface area (Å²) in [6, 6.07) is 13.5. The number of ether oxygens (including phenoxy) is 5. The fourth-order valence-electron chi connectivity index (χ4n) is 5.09. The average Bonchev–Trinajstić information content (AvgIpc) is 3.01. The number of hydrogen-bond acceptors (Lipinski definition) is 14. The lowest BCUT2D eigenvalue weighted by Gasteiger charge is -2.43. The van der Waals surface area contributed by atoms with Crippen molar-refractivity contribution < 1.29 is 62.9 Å². The maximum Gasteiger partial charge on any atom is 0.331 e. The molecule has 14 nitrogen and oxygen atoms in total. The van der Waals surface area contributed by atoms with E-state index in [1.54, 1.807) is 12.1 Å². The third-order valence-corrected chi connectivity index (χ3v) is 7.17. The number of phenols is 4. The Hall–Kier alpha value is -6.02. The summed E-state index contributed by atoms with van der Waals surface area (Å²) in [6.45, 7) is 3.62. The van der Waals surface area contributed by atoms with Crippen LogP contribution in [-0.4, -0.2) is 69.0 Å². The molecule has 5 atom stereocenters. The van der Waals surface area contributed by atoms with E-state index in [1.165, 1.54) is 49.4 Å². The van der Waals surface area contributed by atoms with Crippen LogP contribution < -0.4 is 10.2 Å². The first-order valence-electron chi connectivity index (χ1n) is 14.5. The summed E-state index contributed by atoms with van der Waals surface area (Å²) in [4.78, 5) is 51.3. The number of hydrogen-bond donors (Lipinski definition) is 4. The molecule has 1 fully saturated rings. The first-order chi connectivity index (χ1) is 22.8. The number of phenolic OH excluding ortho intramolecular Hbond substituents is 4. The molecule has 0 radical (unpaired) electrons. The molecule has 0 bridgehead atoms. The summed E-state index contributed by atoms with van der Waals surface area (Å²) in [5, 5.41) is 39.5. The third-order valence-electron chi connectivity index (χ3n) is 7.17. The number of fused-ring (bicyclic) bond motifs is 1. The van der Waals surface area contributed by atoms with Gasteiger partial charge in [-0.15, -0.1) is 0 Å². The average molecular weight is 663 g/mol. The van der Waals surface area contributed by atoms with Crippen molar-refractivity contribution in [3.05, 3.63) is 82.5 Å². The van der Waals surface area contributed by atoms with Crippen LogP contribution in [0.2, 0.25) is 0 Å². The molecule has 0 amide bonds.